The van der Waals surface area contributed by atoms with E-state index in [4.69, 9.17) is 10.4 Å². The summed E-state index contributed by atoms with van der Waals surface area (Å²) in [5.74, 6) is 0.955. The third-order valence-electron chi connectivity index (χ3n) is 5.90. The number of amides is 1. The highest BCUT2D eigenvalue weighted by Gasteiger charge is 2.26. The first-order valence-electron chi connectivity index (χ1n) is 10.1. The van der Waals surface area contributed by atoms with Gasteiger partial charge in [0.15, 0.2) is 5.82 Å². The van der Waals surface area contributed by atoms with E-state index in [0.29, 0.717) is 24.2 Å². The number of hydrogen-bond donors (Lipinski definition) is 0. The van der Waals surface area contributed by atoms with Gasteiger partial charge in [0.05, 0.1) is 17.3 Å². The van der Waals surface area contributed by atoms with Crippen molar-refractivity contribution in [2.24, 2.45) is 0 Å². The van der Waals surface area contributed by atoms with E-state index in [-0.39, 0.29) is 5.91 Å². The number of rotatable bonds is 2. The fraction of sp³-hybridized carbons (Fsp3) is 0.364. The molecule has 146 valence electrons. The standard InChI is InChI=1S/C22H22N6O/c23-15-16-4-3-5-17(14-16)22(29)27-12-10-26(11-13-27)21-20-18-6-1-2-7-19(18)25-28(20)9-8-24-21/h3-5,8-9,14H,1-2,6-7,10-13H2. The molecule has 1 aliphatic heterocycles. The molecular formula is C22H22N6O. The number of nitriles is 1. The fourth-order valence-electron chi connectivity index (χ4n) is 4.40. The second-order valence-corrected chi connectivity index (χ2v) is 7.65. The maximum absolute atomic E-state index is 12.8. The Morgan fingerprint density at radius 2 is 1.93 bits per heavy atom. The molecule has 1 fully saturated rings. The van der Waals surface area contributed by atoms with Gasteiger partial charge in [0, 0.05) is 49.7 Å². The zero-order valence-electron chi connectivity index (χ0n) is 16.2. The van der Waals surface area contributed by atoms with E-state index in [1.165, 1.54) is 24.1 Å². The highest BCUT2D eigenvalue weighted by atomic mass is 16.2. The quantitative estimate of drug-likeness (QED) is 0.676. The van der Waals surface area contributed by atoms with Crippen LogP contribution in [0.2, 0.25) is 0 Å². The molecule has 0 atom stereocenters. The Morgan fingerprint density at radius 1 is 1.10 bits per heavy atom. The predicted molar refractivity (Wildman–Crippen MR) is 109 cm³/mol. The van der Waals surface area contributed by atoms with Crippen molar-refractivity contribution in [3.8, 4) is 6.07 Å². The maximum atomic E-state index is 12.8. The van der Waals surface area contributed by atoms with Crippen LogP contribution in [-0.2, 0) is 12.8 Å². The van der Waals surface area contributed by atoms with Crippen LogP contribution in [0.5, 0.6) is 0 Å². The van der Waals surface area contributed by atoms with E-state index in [9.17, 15) is 4.79 Å². The number of aromatic nitrogens is 3. The molecule has 0 N–H and O–H groups in total. The molecule has 29 heavy (non-hydrogen) atoms. The minimum Gasteiger partial charge on any atom is -0.351 e. The van der Waals surface area contributed by atoms with Gasteiger partial charge in [-0.2, -0.15) is 10.4 Å². The molecule has 0 unspecified atom stereocenters. The summed E-state index contributed by atoms with van der Waals surface area (Å²) in [6.45, 7) is 2.73. The molecule has 7 nitrogen and oxygen atoms in total. The third kappa shape index (κ3) is 3.11. The van der Waals surface area contributed by atoms with Gasteiger partial charge in [-0.15, -0.1) is 0 Å². The lowest BCUT2D eigenvalue weighted by atomic mass is 9.97. The monoisotopic (exact) mass is 386 g/mol. The number of carbonyl (C=O) groups is 1. The topological polar surface area (TPSA) is 77.5 Å². The number of benzene rings is 1. The number of anilines is 1. The van der Waals surface area contributed by atoms with Crippen LogP contribution in [-0.4, -0.2) is 51.6 Å². The zero-order chi connectivity index (χ0) is 19.8. The Balaban J connectivity index is 1.36. The van der Waals surface area contributed by atoms with E-state index in [1.54, 1.807) is 24.3 Å². The van der Waals surface area contributed by atoms with Gasteiger partial charge >= 0.3 is 0 Å². The Bertz CT molecular complexity index is 1120. The minimum absolute atomic E-state index is 0.0188. The molecule has 0 radical (unpaired) electrons. The lowest BCUT2D eigenvalue weighted by Gasteiger charge is -2.35. The fourth-order valence-corrected chi connectivity index (χ4v) is 4.40. The van der Waals surface area contributed by atoms with Crippen molar-refractivity contribution < 1.29 is 4.79 Å². The second kappa shape index (κ2) is 7.21. The normalized spacial score (nSPS) is 16.5. The molecule has 7 heteroatoms. The molecule has 3 aromatic rings. The number of hydrogen-bond acceptors (Lipinski definition) is 5. The van der Waals surface area contributed by atoms with Crippen LogP contribution in [0.4, 0.5) is 5.82 Å². The first-order valence-corrected chi connectivity index (χ1v) is 10.1. The number of fused-ring (bicyclic) bond motifs is 3. The Morgan fingerprint density at radius 3 is 2.76 bits per heavy atom. The first-order chi connectivity index (χ1) is 14.2. The smallest absolute Gasteiger partial charge is 0.254 e. The third-order valence-corrected chi connectivity index (χ3v) is 5.90. The van der Waals surface area contributed by atoms with Crippen LogP contribution in [0.1, 0.15) is 40.0 Å². The Kier molecular flexibility index (Phi) is 4.39. The highest BCUT2D eigenvalue weighted by Crippen LogP contribution is 2.30. The molecule has 1 saturated heterocycles. The molecule has 0 bridgehead atoms. The summed E-state index contributed by atoms with van der Waals surface area (Å²) in [6, 6.07) is 9.01. The van der Waals surface area contributed by atoms with Crippen LogP contribution in [0.3, 0.4) is 0 Å². The summed E-state index contributed by atoms with van der Waals surface area (Å²) >= 11 is 0. The molecule has 0 spiro atoms. The van der Waals surface area contributed by atoms with E-state index < -0.39 is 0 Å². The number of aryl methyl sites for hydroxylation is 2. The van der Waals surface area contributed by atoms with Gasteiger partial charge in [-0.1, -0.05) is 6.07 Å². The first kappa shape index (κ1) is 17.7. The molecule has 1 amide bonds. The summed E-state index contributed by atoms with van der Waals surface area (Å²) in [4.78, 5) is 21.7. The number of piperazine rings is 1. The lowest BCUT2D eigenvalue weighted by Crippen LogP contribution is -2.49. The van der Waals surface area contributed by atoms with Gasteiger partial charge in [-0.3, -0.25) is 4.79 Å². The van der Waals surface area contributed by atoms with Gasteiger partial charge in [0.2, 0.25) is 0 Å². The van der Waals surface area contributed by atoms with E-state index in [1.807, 2.05) is 21.8 Å². The van der Waals surface area contributed by atoms with Crippen molar-refractivity contribution in [2.75, 3.05) is 31.1 Å². The molecule has 5 rings (SSSR count). The minimum atomic E-state index is -0.0188. The summed E-state index contributed by atoms with van der Waals surface area (Å²) in [7, 11) is 0. The van der Waals surface area contributed by atoms with Crippen molar-refractivity contribution in [3.63, 3.8) is 0 Å². The molecular weight excluding hydrogens is 364 g/mol. The van der Waals surface area contributed by atoms with Crippen LogP contribution in [0.25, 0.3) is 5.52 Å². The number of carbonyl (C=O) groups excluding carboxylic acids is 1. The van der Waals surface area contributed by atoms with E-state index in [0.717, 1.165) is 37.3 Å². The molecule has 0 saturated carbocycles. The van der Waals surface area contributed by atoms with Crippen LogP contribution < -0.4 is 4.90 Å². The van der Waals surface area contributed by atoms with E-state index in [2.05, 4.69) is 16.0 Å². The van der Waals surface area contributed by atoms with Gasteiger partial charge in [-0.05, 0) is 43.9 Å². The second-order valence-electron chi connectivity index (χ2n) is 7.65. The predicted octanol–water partition coefficient (Wildman–Crippen LogP) is 2.44. The highest BCUT2D eigenvalue weighted by molar-refractivity contribution is 5.94. The van der Waals surface area contributed by atoms with Gasteiger partial charge < -0.3 is 9.80 Å². The molecule has 3 heterocycles. The molecule has 2 aliphatic rings. The van der Waals surface area contributed by atoms with Crippen molar-refractivity contribution >= 4 is 17.2 Å². The van der Waals surface area contributed by atoms with Crippen molar-refractivity contribution in [2.45, 2.75) is 25.7 Å². The largest absolute Gasteiger partial charge is 0.351 e. The maximum Gasteiger partial charge on any atom is 0.254 e. The van der Waals surface area contributed by atoms with Crippen molar-refractivity contribution in [1.29, 1.82) is 5.26 Å². The summed E-state index contributed by atoms with van der Waals surface area (Å²) in [6.07, 6.45) is 8.25. The van der Waals surface area contributed by atoms with Crippen molar-refractivity contribution in [1.82, 2.24) is 19.5 Å². The lowest BCUT2D eigenvalue weighted by molar-refractivity contribution is 0.0746. The summed E-state index contributed by atoms with van der Waals surface area (Å²) < 4.78 is 1.98. The average Bonchev–Trinajstić information content (AvgIpc) is 3.17. The average molecular weight is 386 g/mol. The Hall–Kier alpha value is -3.40. The van der Waals surface area contributed by atoms with Crippen LogP contribution in [0, 0.1) is 11.3 Å². The molecule has 2 aromatic heterocycles. The van der Waals surface area contributed by atoms with Gasteiger partial charge in [0.1, 0.15) is 5.52 Å². The summed E-state index contributed by atoms with van der Waals surface area (Å²) in [5.41, 5.74) is 4.75. The summed E-state index contributed by atoms with van der Waals surface area (Å²) in [5, 5.41) is 13.8. The van der Waals surface area contributed by atoms with Crippen LogP contribution >= 0.6 is 0 Å². The van der Waals surface area contributed by atoms with Gasteiger partial charge in [0.25, 0.3) is 5.91 Å². The zero-order valence-corrected chi connectivity index (χ0v) is 16.2. The van der Waals surface area contributed by atoms with E-state index >= 15 is 0 Å². The number of nitrogens with zero attached hydrogens (tertiary/aromatic N) is 6. The molecule has 1 aliphatic carbocycles. The van der Waals surface area contributed by atoms with Crippen LogP contribution in [0.15, 0.2) is 36.7 Å². The SMILES string of the molecule is N#Cc1cccc(C(=O)N2CCN(c3nccn4nc5c(c34)CCCC5)CC2)c1. The van der Waals surface area contributed by atoms with Crippen molar-refractivity contribution in [3.05, 3.63) is 59.0 Å². The van der Waals surface area contributed by atoms with Gasteiger partial charge in [-0.25, -0.2) is 9.50 Å². The Labute approximate surface area is 169 Å². The molecule has 1 aromatic carbocycles.